The van der Waals surface area contributed by atoms with Gasteiger partial charge in [-0.15, -0.1) is 0 Å². The summed E-state index contributed by atoms with van der Waals surface area (Å²) in [6.45, 7) is 1.84. The largest absolute Gasteiger partial charge is 0.299 e. The molecule has 1 fully saturated rings. The zero-order chi connectivity index (χ0) is 12.3. The molecule has 2 heteroatoms. The van der Waals surface area contributed by atoms with Gasteiger partial charge < -0.3 is 0 Å². The minimum absolute atomic E-state index is 0.169. The lowest BCUT2D eigenvalue weighted by Crippen LogP contribution is -2.09. The molecule has 2 unspecified atom stereocenters. The van der Waals surface area contributed by atoms with Crippen LogP contribution in [0.25, 0.3) is 0 Å². The van der Waals surface area contributed by atoms with Crippen molar-refractivity contribution in [1.29, 1.82) is 0 Å². The average Bonchev–Trinajstić information content (AvgIpc) is 2.75. The molecule has 0 saturated heterocycles. The summed E-state index contributed by atoms with van der Waals surface area (Å²) in [6.07, 6.45) is 5.64. The van der Waals surface area contributed by atoms with Crippen LogP contribution in [0.1, 0.15) is 43.2 Å². The van der Waals surface area contributed by atoms with Gasteiger partial charge in [-0.25, -0.2) is 0 Å². The van der Waals surface area contributed by atoms with Gasteiger partial charge in [0.25, 0.3) is 0 Å². The smallest absolute Gasteiger partial charge is 0.206 e. The molecule has 0 aromatic heterocycles. The highest BCUT2D eigenvalue weighted by molar-refractivity contribution is 5.83. The summed E-state index contributed by atoms with van der Waals surface area (Å²) in [5, 5.41) is 0. The molecule has 0 N–H and O–H groups in total. The fourth-order valence-electron chi connectivity index (χ4n) is 2.40. The molecule has 2 nitrogen and oxygen atoms in total. The number of carbonyl (C=O) groups excluding carboxylic acids is 2. The maximum absolute atomic E-state index is 11.5. The monoisotopic (exact) mass is 229 g/mol. The topological polar surface area (TPSA) is 34.1 Å². The van der Waals surface area contributed by atoms with E-state index in [9.17, 15) is 9.59 Å². The summed E-state index contributed by atoms with van der Waals surface area (Å²) in [6, 6.07) is 7.97. The second-order valence-corrected chi connectivity index (χ2v) is 4.84. The van der Waals surface area contributed by atoms with E-state index in [-0.39, 0.29) is 11.8 Å². The van der Waals surface area contributed by atoms with Crippen LogP contribution < -0.4 is 0 Å². The summed E-state index contributed by atoms with van der Waals surface area (Å²) >= 11 is 0. The van der Waals surface area contributed by atoms with Gasteiger partial charge in [0.15, 0.2) is 0 Å². The number of hydrogen-bond donors (Lipinski definition) is 0. The highest BCUT2D eigenvalue weighted by Gasteiger charge is 2.24. The van der Waals surface area contributed by atoms with Crippen LogP contribution in [0, 0.1) is 5.92 Å². The molecular formula is C15H17O2. The molecular weight excluding hydrogens is 212 g/mol. The Kier molecular flexibility index (Phi) is 3.72. The van der Waals surface area contributed by atoms with Crippen LogP contribution in [0.5, 0.6) is 0 Å². The molecule has 2 rings (SSSR count). The molecule has 1 aromatic rings. The van der Waals surface area contributed by atoms with Crippen molar-refractivity contribution in [3.8, 4) is 0 Å². The molecule has 1 radical (unpaired) electrons. The van der Waals surface area contributed by atoms with E-state index in [0.29, 0.717) is 5.78 Å². The van der Waals surface area contributed by atoms with E-state index in [1.807, 2.05) is 37.5 Å². The van der Waals surface area contributed by atoms with Crippen molar-refractivity contribution >= 4 is 12.1 Å². The molecule has 0 aliphatic heterocycles. The number of carbonyl (C=O) groups is 1. The van der Waals surface area contributed by atoms with Crippen molar-refractivity contribution in [3.05, 3.63) is 35.4 Å². The third-order valence-corrected chi connectivity index (χ3v) is 3.57. The van der Waals surface area contributed by atoms with E-state index in [4.69, 9.17) is 0 Å². The molecule has 1 saturated carbocycles. The summed E-state index contributed by atoms with van der Waals surface area (Å²) in [4.78, 5) is 22.1. The van der Waals surface area contributed by atoms with E-state index in [2.05, 4.69) is 0 Å². The summed E-state index contributed by atoms with van der Waals surface area (Å²) < 4.78 is 0. The van der Waals surface area contributed by atoms with Gasteiger partial charge in [0.2, 0.25) is 6.29 Å². The maximum Gasteiger partial charge on any atom is 0.206 e. The summed E-state index contributed by atoms with van der Waals surface area (Å²) in [5.41, 5.74) is 2.17. The second-order valence-electron chi connectivity index (χ2n) is 4.84. The number of ketones is 1. The van der Waals surface area contributed by atoms with E-state index >= 15 is 0 Å². The molecule has 0 spiro atoms. The molecule has 1 aliphatic rings. The first-order valence-corrected chi connectivity index (χ1v) is 6.20. The van der Waals surface area contributed by atoms with Crippen LogP contribution in [0.3, 0.4) is 0 Å². The molecule has 89 valence electrons. The van der Waals surface area contributed by atoms with E-state index in [1.165, 1.54) is 5.56 Å². The lowest BCUT2D eigenvalue weighted by molar-refractivity contribution is -0.120. The van der Waals surface area contributed by atoms with Crippen LogP contribution in [0.15, 0.2) is 24.3 Å². The van der Waals surface area contributed by atoms with Crippen LogP contribution in [0.4, 0.5) is 0 Å². The fourth-order valence-corrected chi connectivity index (χ4v) is 2.40. The average molecular weight is 229 g/mol. The lowest BCUT2D eigenvalue weighted by atomic mass is 9.95. The Hall–Kier alpha value is -1.44. The van der Waals surface area contributed by atoms with Crippen molar-refractivity contribution < 1.29 is 9.59 Å². The zero-order valence-electron chi connectivity index (χ0n) is 10.1. The number of Topliss-reactive ketones (excluding diaryl/α,β-unsaturated/α-hetero) is 1. The molecule has 17 heavy (non-hydrogen) atoms. The first kappa shape index (κ1) is 12.0. The molecule has 1 aliphatic carbocycles. The van der Waals surface area contributed by atoms with Gasteiger partial charge in [0, 0.05) is 18.3 Å². The molecule has 0 heterocycles. The Bertz CT molecular complexity index is 405. The van der Waals surface area contributed by atoms with Gasteiger partial charge in [0.1, 0.15) is 5.78 Å². The predicted molar refractivity (Wildman–Crippen MR) is 66.6 cm³/mol. The molecule has 0 amide bonds. The first-order valence-electron chi connectivity index (χ1n) is 6.20. The predicted octanol–water partition coefficient (Wildman–Crippen LogP) is 2.81. The minimum atomic E-state index is -0.169. The van der Waals surface area contributed by atoms with Crippen molar-refractivity contribution in [3.63, 3.8) is 0 Å². The highest BCUT2D eigenvalue weighted by atomic mass is 16.1. The number of rotatable bonds is 4. The minimum Gasteiger partial charge on any atom is -0.299 e. The Balaban J connectivity index is 2.03. The molecule has 0 bridgehead atoms. The Morgan fingerprint density at radius 3 is 2.59 bits per heavy atom. The van der Waals surface area contributed by atoms with Gasteiger partial charge in [-0.3, -0.25) is 9.59 Å². The van der Waals surface area contributed by atoms with E-state index in [0.717, 1.165) is 31.2 Å². The van der Waals surface area contributed by atoms with Gasteiger partial charge in [-0.1, -0.05) is 31.2 Å². The number of hydrogen-bond acceptors (Lipinski definition) is 2. The normalized spacial score (nSPS) is 21.5. The first-order chi connectivity index (χ1) is 8.20. The zero-order valence-corrected chi connectivity index (χ0v) is 10.1. The van der Waals surface area contributed by atoms with Crippen LogP contribution >= 0.6 is 0 Å². The Labute approximate surface area is 102 Å². The van der Waals surface area contributed by atoms with E-state index < -0.39 is 0 Å². The third kappa shape index (κ3) is 2.82. The molecule has 2 atom stereocenters. The van der Waals surface area contributed by atoms with Crippen molar-refractivity contribution in [1.82, 2.24) is 0 Å². The van der Waals surface area contributed by atoms with Crippen LogP contribution in [0.2, 0.25) is 0 Å². The Morgan fingerprint density at radius 1 is 1.35 bits per heavy atom. The number of benzene rings is 1. The summed E-state index contributed by atoms with van der Waals surface area (Å²) in [7, 11) is 0. The third-order valence-electron chi connectivity index (χ3n) is 3.57. The van der Waals surface area contributed by atoms with E-state index in [1.54, 1.807) is 0 Å². The molecule has 1 aromatic carbocycles. The highest BCUT2D eigenvalue weighted by Crippen LogP contribution is 2.25. The van der Waals surface area contributed by atoms with Gasteiger partial charge >= 0.3 is 0 Å². The fraction of sp³-hybridized carbons (Fsp3) is 0.467. The van der Waals surface area contributed by atoms with Gasteiger partial charge in [0.05, 0.1) is 0 Å². The maximum atomic E-state index is 11.5. The van der Waals surface area contributed by atoms with Crippen molar-refractivity contribution in [2.45, 2.75) is 38.5 Å². The second kappa shape index (κ2) is 5.26. The van der Waals surface area contributed by atoms with Crippen LogP contribution in [-0.4, -0.2) is 12.1 Å². The summed E-state index contributed by atoms with van der Waals surface area (Å²) in [5.74, 6) is 0.455. The van der Waals surface area contributed by atoms with Crippen molar-refractivity contribution in [2.24, 2.45) is 5.92 Å². The standard InChI is InChI=1S/C15H17O2/c1-11(10-16)13-7-5-12(6-8-13)9-14-3-2-4-15(14)17/h5-8,11,14H,2-4,9H2,1H3. The SMILES string of the molecule is CC([C]=O)c1ccc(CC2CCCC2=O)cc1. The van der Waals surface area contributed by atoms with Crippen LogP contribution in [-0.2, 0) is 16.0 Å². The van der Waals surface area contributed by atoms with Gasteiger partial charge in [-0.2, -0.15) is 0 Å². The van der Waals surface area contributed by atoms with Crippen molar-refractivity contribution in [2.75, 3.05) is 0 Å². The lowest BCUT2D eigenvalue weighted by Gasteiger charge is -2.09. The Morgan fingerprint density at radius 2 is 2.06 bits per heavy atom. The quantitative estimate of drug-likeness (QED) is 0.795. The van der Waals surface area contributed by atoms with Gasteiger partial charge in [-0.05, 0) is 30.4 Å².